The van der Waals surface area contributed by atoms with E-state index in [1.165, 1.54) is 57.8 Å². The molecule has 0 aromatic rings. The monoisotopic (exact) mass is 372 g/mol. The van der Waals surface area contributed by atoms with E-state index >= 15 is 0 Å². The molecule has 23 heavy (non-hydrogen) atoms. The molecule has 0 saturated heterocycles. The van der Waals surface area contributed by atoms with Gasteiger partial charge in [-0.2, -0.15) is 0 Å². The Labute approximate surface area is 186 Å². The van der Waals surface area contributed by atoms with Crippen molar-refractivity contribution in [3.05, 3.63) is 0 Å². The Morgan fingerprint density at radius 3 is 1.48 bits per heavy atom. The first kappa shape index (κ1) is 32.5. The molecule has 0 aliphatic carbocycles. The molecule has 0 amide bonds. The second kappa shape index (κ2) is 26.0. The van der Waals surface area contributed by atoms with E-state index in [1.54, 1.807) is 0 Å². The number of unbranched alkanes of at least 4 members (excludes halogenated alkanes) is 9. The normalized spacial score (nSPS) is 10.1. The van der Waals surface area contributed by atoms with Gasteiger partial charge in [0, 0.05) is 17.0 Å². The molecular formula is C14H30Na2O6S. The van der Waals surface area contributed by atoms with Crippen molar-refractivity contribution in [2.75, 3.05) is 19.8 Å². The summed E-state index contributed by atoms with van der Waals surface area (Å²) >= 11 is 0. The topological polar surface area (TPSA) is 110 Å². The average molecular weight is 372 g/mol. The Morgan fingerprint density at radius 2 is 1.13 bits per heavy atom. The molecule has 1 N–H and O–H groups in total. The quantitative estimate of drug-likeness (QED) is 0.156. The maximum Gasteiger partial charge on any atom is 1.00 e. The first-order valence-electron chi connectivity index (χ1n) is 7.77. The Bertz CT molecular complexity index is 267. The van der Waals surface area contributed by atoms with Gasteiger partial charge in [0.1, 0.15) is 0 Å². The minimum atomic E-state index is -5.17. The summed E-state index contributed by atoms with van der Waals surface area (Å²) < 4.78 is 39.3. The fourth-order valence-electron chi connectivity index (χ4n) is 1.86. The van der Waals surface area contributed by atoms with Crippen LogP contribution in [0, 0.1) is 0 Å². The molecule has 0 fully saturated rings. The van der Waals surface area contributed by atoms with Crippen molar-refractivity contribution in [1.29, 1.82) is 0 Å². The molecule has 0 aliphatic heterocycles. The molecule has 0 aliphatic rings. The van der Waals surface area contributed by atoms with E-state index in [0.717, 1.165) is 13.0 Å². The van der Waals surface area contributed by atoms with Crippen LogP contribution in [0.2, 0.25) is 0 Å². The molecule has 9 heteroatoms. The summed E-state index contributed by atoms with van der Waals surface area (Å²) in [7, 11) is -5.17. The summed E-state index contributed by atoms with van der Waals surface area (Å²) in [5.74, 6) is 0. The molecular weight excluding hydrogens is 342 g/mol. The molecule has 130 valence electrons. The van der Waals surface area contributed by atoms with Crippen molar-refractivity contribution in [1.82, 2.24) is 0 Å². The van der Waals surface area contributed by atoms with Gasteiger partial charge in [0.2, 0.25) is 0 Å². The number of aliphatic hydroxyl groups excluding tert-OH is 1. The molecule has 0 aromatic carbocycles. The predicted molar refractivity (Wildman–Crippen MR) is 80.2 cm³/mol. The van der Waals surface area contributed by atoms with Crippen LogP contribution in [0.4, 0.5) is 0 Å². The zero-order chi connectivity index (χ0) is 16.4. The smallest absolute Gasteiger partial charge is 0.759 e. The first-order chi connectivity index (χ1) is 9.91. The number of hydrogen-bond donors (Lipinski definition) is 1. The van der Waals surface area contributed by atoms with E-state index in [2.05, 4.69) is 6.92 Å². The third kappa shape index (κ3) is 51.6. The van der Waals surface area contributed by atoms with Crippen LogP contribution in [0.15, 0.2) is 0 Å². The van der Waals surface area contributed by atoms with Gasteiger partial charge < -0.3 is 18.9 Å². The maximum atomic E-state index is 8.52. The van der Waals surface area contributed by atoms with Gasteiger partial charge in [-0.15, -0.1) is 0 Å². The van der Waals surface area contributed by atoms with Crippen LogP contribution in [0.1, 0.15) is 71.1 Å². The minimum absolute atomic E-state index is 0. The number of aliphatic hydroxyl groups is 1. The molecule has 0 radical (unpaired) electrons. The third-order valence-corrected chi connectivity index (χ3v) is 2.88. The van der Waals surface area contributed by atoms with E-state index in [4.69, 9.17) is 27.4 Å². The molecule has 0 aromatic heterocycles. The van der Waals surface area contributed by atoms with Crippen molar-refractivity contribution in [3.8, 4) is 0 Å². The van der Waals surface area contributed by atoms with Crippen molar-refractivity contribution in [3.63, 3.8) is 0 Å². The summed E-state index contributed by atoms with van der Waals surface area (Å²) in [4.78, 5) is 0. The van der Waals surface area contributed by atoms with Crippen LogP contribution >= 0.6 is 0 Å². The molecule has 6 nitrogen and oxygen atoms in total. The van der Waals surface area contributed by atoms with Gasteiger partial charge in [-0.05, 0) is 6.42 Å². The van der Waals surface area contributed by atoms with Crippen molar-refractivity contribution >= 4 is 10.4 Å². The van der Waals surface area contributed by atoms with Gasteiger partial charge in [-0.3, -0.25) is 8.42 Å². The number of rotatable bonds is 13. The van der Waals surface area contributed by atoms with Crippen molar-refractivity contribution < 1.29 is 86.5 Å². The van der Waals surface area contributed by atoms with Gasteiger partial charge in [0.05, 0.1) is 13.2 Å². The Kier molecular flexibility index (Phi) is 36.7. The predicted octanol–water partition coefficient (Wildman–Crippen LogP) is -3.41. The van der Waals surface area contributed by atoms with Crippen LogP contribution in [0.25, 0.3) is 0 Å². The minimum Gasteiger partial charge on any atom is -0.759 e. The van der Waals surface area contributed by atoms with Gasteiger partial charge in [0.15, 0.2) is 0 Å². The fourth-order valence-corrected chi connectivity index (χ4v) is 1.86. The van der Waals surface area contributed by atoms with Gasteiger partial charge >= 0.3 is 59.1 Å². The molecule has 0 heterocycles. The number of hydrogen-bond acceptors (Lipinski definition) is 6. The van der Waals surface area contributed by atoms with Gasteiger partial charge in [-0.1, -0.05) is 64.7 Å². The van der Waals surface area contributed by atoms with E-state index < -0.39 is 10.4 Å². The first-order valence-corrected chi connectivity index (χ1v) is 9.10. The second-order valence-corrected chi connectivity index (χ2v) is 5.74. The summed E-state index contributed by atoms with van der Waals surface area (Å²) in [5, 5.41) is 8.50. The average Bonchev–Trinajstić information content (AvgIpc) is 2.38. The van der Waals surface area contributed by atoms with E-state index in [9.17, 15) is 0 Å². The summed E-state index contributed by atoms with van der Waals surface area (Å²) in [5.41, 5.74) is 0. The summed E-state index contributed by atoms with van der Waals surface area (Å²) in [6.45, 7) is 3.73. The van der Waals surface area contributed by atoms with Crippen LogP contribution in [0.3, 0.4) is 0 Å². The molecule has 0 unspecified atom stereocenters. The molecule has 0 spiro atoms. The maximum absolute atomic E-state index is 8.52. The van der Waals surface area contributed by atoms with Crippen LogP contribution in [0.5, 0.6) is 0 Å². The Balaban J connectivity index is -0.000000225. The fraction of sp³-hybridized carbons (Fsp3) is 1.00. The largest absolute Gasteiger partial charge is 1.00 e. The SMILES string of the molecule is CCCCCCCCCCCCOCCO.O=S(=O)([O-])[O-].[Na+].[Na+]. The molecule has 0 bridgehead atoms. The van der Waals surface area contributed by atoms with Crippen LogP contribution in [-0.2, 0) is 15.1 Å². The second-order valence-electron chi connectivity index (χ2n) is 4.93. The van der Waals surface area contributed by atoms with Crippen LogP contribution < -0.4 is 59.1 Å². The molecule has 0 rings (SSSR count). The van der Waals surface area contributed by atoms with Crippen LogP contribution in [-0.4, -0.2) is 42.5 Å². The molecule has 0 saturated carbocycles. The standard InChI is InChI=1S/C14H30O2.2Na.H2O4S/c1-2-3-4-5-6-7-8-9-10-11-13-16-14-12-15;;;1-5(2,3)4/h15H,2-14H2,1H3;;;(H2,1,2,3,4)/q;2*+1;/p-2. The number of ether oxygens (including phenoxy) is 1. The third-order valence-electron chi connectivity index (χ3n) is 2.88. The summed E-state index contributed by atoms with van der Waals surface area (Å²) in [6.07, 6.45) is 13.6. The Morgan fingerprint density at radius 1 is 0.783 bits per heavy atom. The van der Waals surface area contributed by atoms with Crippen molar-refractivity contribution in [2.45, 2.75) is 71.1 Å². The zero-order valence-corrected chi connectivity index (χ0v) is 19.9. The van der Waals surface area contributed by atoms with Gasteiger partial charge in [0.25, 0.3) is 0 Å². The Hall–Kier alpha value is 1.79. The van der Waals surface area contributed by atoms with Crippen molar-refractivity contribution in [2.24, 2.45) is 0 Å². The zero-order valence-electron chi connectivity index (χ0n) is 15.1. The van der Waals surface area contributed by atoms with E-state index in [0.29, 0.717) is 6.61 Å². The van der Waals surface area contributed by atoms with E-state index in [1.807, 2.05) is 0 Å². The molecule has 0 atom stereocenters. The summed E-state index contributed by atoms with van der Waals surface area (Å²) in [6, 6.07) is 0. The van der Waals surface area contributed by atoms with E-state index in [-0.39, 0.29) is 65.7 Å². The van der Waals surface area contributed by atoms with Gasteiger partial charge in [-0.25, -0.2) is 0 Å².